The Bertz CT molecular complexity index is 621. The Hall–Kier alpha value is -2.32. The fraction of sp³-hybridized carbons (Fsp3) is 0.619. The fourth-order valence-electron chi connectivity index (χ4n) is 1.28. The molecule has 8 nitrogen and oxygen atoms in total. The van der Waals surface area contributed by atoms with Crippen molar-refractivity contribution in [1.82, 2.24) is 4.90 Å². The van der Waals surface area contributed by atoms with E-state index in [1.165, 1.54) is 12.1 Å². The first-order valence-electron chi connectivity index (χ1n) is 9.28. The molecule has 29 heavy (non-hydrogen) atoms. The molecule has 0 saturated heterocycles. The van der Waals surface area contributed by atoms with Crippen LogP contribution in [0, 0.1) is 10.8 Å². The Labute approximate surface area is 173 Å². The first-order chi connectivity index (χ1) is 12.9. The number of phenolic OH excluding ortho intramolecular Hbond substituents is 2. The molecule has 1 aromatic carbocycles. The van der Waals surface area contributed by atoms with E-state index in [1.807, 2.05) is 18.9 Å². The third kappa shape index (κ3) is 13.5. The third-order valence-electron chi connectivity index (χ3n) is 3.69. The van der Waals surface area contributed by atoms with Gasteiger partial charge < -0.3 is 30.4 Å². The standard InChI is InChI=1S/C11H17NO3.2C5H10O2/c1-3-12(2)7-11(15)8-4-5-9(13)10(14)6-8;2*1-5(2,3)4(6)7/h4-6,11,13-15H,3,7H2,1-2H3;2*1-3H3,(H,6,7)/t11-;;/m1../s1. The number of hydrogen-bond donors (Lipinski definition) is 5. The number of aliphatic carboxylic acids is 2. The quantitative estimate of drug-likeness (QED) is 0.472. The van der Waals surface area contributed by atoms with Crippen LogP contribution in [0.5, 0.6) is 11.5 Å². The lowest BCUT2D eigenvalue weighted by Crippen LogP contribution is -2.24. The summed E-state index contributed by atoms with van der Waals surface area (Å²) in [4.78, 5) is 22.0. The summed E-state index contributed by atoms with van der Waals surface area (Å²) in [5.74, 6) is -1.89. The van der Waals surface area contributed by atoms with E-state index < -0.39 is 28.9 Å². The molecule has 0 bridgehead atoms. The molecule has 0 radical (unpaired) electrons. The van der Waals surface area contributed by atoms with Gasteiger partial charge >= 0.3 is 11.9 Å². The Morgan fingerprint density at radius 1 is 0.931 bits per heavy atom. The Morgan fingerprint density at radius 2 is 1.31 bits per heavy atom. The van der Waals surface area contributed by atoms with Crippen LogP contribution in [0.2, 0.25) is 0 Å². The highest BCUT2D eigenvalue weighted by atomic mass is 16.4. The van der Waals surface area contributed by atoms with Gasteiger partial charge in [-0.1, -0.05) is 13.0 Å². The van der Waals surface area contributed by atoms with E-state index in [4.69, 9.17) is 15.3 Å². The summed E-state index contributed by atoms with van der Waals surface area (Å²) in [6.07, 6.45) is -0.651. The lowest BCUT2D eigenvalue weighted by Gasteiger charge is -2.19. The van der Waals surface area contributed by atoms with E-state index in [9.17, 15) is 19.8 Å². The molecular formula is C21H37NO7. The summed E-state index contributed by atoms with van der Waals surface area (Å²) in [5, 5.41) is 44.7. The van der Waals surface area contributed by atoms with Gasteiger partial charge in [-0.05, 0) is 72.8 Å². The molecule has 0 amide bonds. The SMILES string of the molecule is CC(C)(C)C(=O)O.CC(C)(C)C(=O)O.CCN(C)C[C@@H](O)c1ccc(O)c(O)c1. The van der Waals surface area contributed by atoms with Crippen LogP contribution in [0.25, 0.3) is 0 Å². The van der Waals surface area contributed by atoms with Crippen LogP contribution in [-0.4, -0.2) is 62.5 Å². The zero-order chi connectivity index (χ0) is 23.6. The van der Waals surface area contributed by atoms with E-state index in [0.29, 0.717) is 12.1 Å². The maximum atomic E-state index is 10.0. The number of hydrogen-bond acceptors (Lipinski definition) is 6. The van der Waals surface area contributed by atoms with Gasteiger partial charge in [-0.15, -0.1) is 0 Å². The second-order valence-corrected chi connectivity index (χ2v) is 8.73. The Morgan fingerprint density at radius 3 is 1.59 bits per heavy atom. The zero-order valence-corrected chi connectivity index (χ0v) is 18.7. The minimum atomic E-state index is -0.757. The first-order valence-corrected chi connectivity index (χ1v) is 9.28. The Balaban J connectivity index is 0. The van der Waals surface area contributed by atoms with Crippen LogP contribution >= 0.6 is 0 Å². The summed E-state index contributed by atoms with van der Waals surface area (Å²) in [7, 11) is 1.91. The maximum absolute atomic E-state index is 10.0. The highest BCUT2D eigenvalue weighted by molar-refractivity contribution is 5.73. The molecule has 1 rings (SSSR count). The highest BCUT2D eigenvalue weighted by Gasteiger charge is 2.19. The molecule has 0 heterocycles. The van der Waals surface area contributed by atoms with Crippen molar-refractivity contribution in [3.05, 3.63) is 23.8 Å². The topological polar surface area (TPSA) is 139 Å². The summed E-state index contributed by atoms with van der Waals surface area (Å²) in [5.41, 5.74) is -0.564. The number of carboxylic acid groups (broad SMARTS) is 2. The lowest BCUT2D eigenvalue weighted by atomic mass is 9.98. The maximum Gasteiger partial charge on any atom is 0.308 e. The van der Waals surface area contributed by atoms with Crippen LogP contribution in [-0.2, 0) is 9.59 Å². The van der Waals surface area contributed by atoms with Gasteiger partial charge in [-0.3, -0.25) is 9.59 Å². The molecule has 0 fully saturated rings. The van der Waals surface area contributed by atoms with Gasteiger partial charge in [-0.2, -0.15) is 0 Å². The second-order valence-electron chi connectivity index (χ2n) is 8.73. The molecule has 5 N–H and O–H groups in total. The number of carbonyl (C=O) groups is 2. The molecule has 0 aromatic heterocycles. The molecule has 8 heteroatoms. The first kappa shape index (κ1) is 28.9. The summed E-state index contributed by atoms with van der Waals surface area (Å²) < 4.78 is 0. The number of phenols is 2. The smallest absolute Gasteiger partial charge is 0.308 e. The van der Waals surface area contributed by atoms with Crippen LogP contribution in [0.15, 0.2) is 18.2 Å². The van der Waals surface area contributed by atoms with Gasteiger partial charge in [-0.25, -0.2) is 0 Å². The van der Waals surface area contributed by atoms with Gasteiger partial charge in [0.05, 0.1) is 16.9 Å². The molecule has 0 spiro atoms. The van der Waals surface area contributed by atoms with E-state index in [1.54, 1.807) is 47.6 Å². The second kappa shape index (κ2) is 12.3. The number of rotatable bonds is 4. The average Bonchev–Trinajstić information content (AvgIpc) is 2.56. The molecule has 0 aliphatic carbocycles. The van der Waals surface area contributed by atoms with Gasteiger partial charge in [0.15, 0.2) is 11.5 Å². The van der Waals surface area contributed by atoms with E-state index in [-0.39, 0.29) is 11.5 Å². The predicted octanol–water partition coefficient (Wildman–Crippen LogP) is 3.32. The number of likely N-dealkylation sites (N-methyl/N-ethyl adjacent to an activating group) is 1. The lowest BCUT2D eigenvalue weighted by molar-refractivity contribution is -0.146. The van der Waals surface area contributed by atoms with Crippen molar-refractivity contribution >= 4 is 11.9 Å². The summed E-state index contributed by atoms with van der Waals surface area (Å²) in [6, 6.07) is 4.35. The van der Waals surface area contributed by atoms with E-state index in [0.717, 1.165) is 6.54 Å². The molecule has 1 aromatic rings. The monoisotopic (exact) mass is 415 g/mol. The Kier molecular flexibility index (Phi) is 12.2. The van der Waals surface area contributed by atoms with Gasteiger partial charge in [0.1, 0.15) is 0 Å². The molecule has 0 aliphatic heterocycles. The molecule has 0 aliphatic rings. The van der Waals surface area contributed by atoms with E-state index in [2.05, 4.69) is 0 Å². The van der Waals surface area contributed by atoms with Crippen molar-refractivity contribution in [3.8, 4) is 11.5 Å². The number of aliphatic hydroxyl groups excluding tert-OH is 1. The van der Waals surface area contributed by atoms with Gasteiger partial charge in [0.25, 0.3) is 0 Å². The van der Waals surface area contributed by atoms with Crippen LogP contribution in [0.3, 0.4) is 0 Å². The van der Waals surface area contributed by atoms with Crippen molar-refractivity contribution in [2.45, 2.75) is 54.6 Å². The molecular weight excluding hydrogens is 378 g/mol. The molecule has 168 valence electrons. The number of aliphatic hydroxyl groups is 1. The van der Waals surface area contributed by atoms with E-state index >= 15 is 0 Å². The van der Waals surface area contributed by atoms with Crippen molar-refractivity contribution < 1.29 is 35.1 Å². The minimum Gasteiger partial charge on any atom is -0.504 e. The summed E-state index contributed by atoms with van der Waals surface area (Å²) in [6.45, 7) is 13.3. The van der Waals surface area contributed by atoms with Crippen molar-refractivity contribution in [2.24, 2.45) is 10.8 Å². The minimum absolute atomic E-state index is 0.171. The number of carboxylic acids is 2. The average molecular weight is 416 g/mol. The molecule has 0 unspecified atom stereocenters. The van der Waals surface area contributed by atoms with Crippen LogP contribution in [0.1, 0.15) is 60.1 Å². The summed E-state index contributed by atoms with van der Waals surface area (Å²) >= 11 is 0. The van der Waals surface area contributed by atoms with Crippen molar-refractivity contribution in [2.75, 3.05) is 20.1 Å². The largest absolute Gasteiger partial charge is 0.504 e. The number of benzene rings is 1. The zero-order valence-electron chi connectivity index (χ0n) is 18.7. The normalized spacial score (nSPS) is 12.2. The number of aromatic hydroxyl groups is 2. The third-order valence-corrected chi connectivity index (χ3v) is 3.69. The van der Waals surface area contributed by atoms with Crippen molar-refractivity contribution in [1.29, 1.82) is 0 Å². The predicted molar refractivity (Wildman–Crippen MR) is 112 cm³/mol. The molecule has 0 saturated carbocycles. The van der Waals surface area contributed by atoms with Crippen molar-refractivity contribution in [3.63, 3.8) is 0 Å². The van der Waals surface area contributed by atoms with Crippen LogP contribution < -0.4 is 0 Å². The van der Waals surface area contributed by atoms with Gasteiger partial charge in [0.2, 0.25) is 0 Å². The van der Waals surface area contributed by atoms with Crippen LogP contribution in [0.4, 0.5) is 0 Å². The highest BCUT2D eigenvalue weighted by Crippen LogP contribution is 2.27. The molecule has 1 atom stereocenters. The van der Waals surface area contributed by atoms with Gasteiger partial charge in [0, 0.05) is 6.54 Å². The number of nitrogens with zero attached hydrogens (tertiary/aromatic N) is 1. The fourth-order valence-corrected chi connectivity index (χ4v) is 1.28.